The first-order valence-corrected chi connectivity index (χ1v) is 3.98. The molecule has 0 radical (unpaired) electrons. The second kappa shape index (κ2) is 3.74. The van der Waals surface area contributed by atoms with E-state index in [1.165, 1.54) is 0 Å². The fourth-order valence-electron chi connectivity index (χ4n) is 1.04. The Balaban J connectivity index is 2.51. The predicted molar refractivity (Wildman–Crippen MR) is 42.9 cm³/mol. The van der Waals surface area contributed by atoms with Crippen LogP contribution in [0.25, 0.3) is 0 Å². The smallest absolute Gasteiger partial charge is 0.125 e. The van der Waals surface area contributed by atoms with Crippen LogP contribution in [-0.2, 0) is 4.74 Å². The Labute approximate surface area is 66.8 Å². The normalized spacial score (nSPS) is 23.4. The summed E-state index contributed by atoms with van der Waals surface area (Å²) in [6.45, 7) is 2.47. The monoisotopic (exact) mass is 157 g/mol. The molecule has 0 saturated heterocycles. The van der Waals surface area contributed by atoms with E-state index >= 15 is 0 Å². The highest BCUT2D eigenvalue weighted by atomic mass is 16.5. The predicted octanol–water partition coefficient (Wildman–Crippen LogP) is 0.389. The van der Waals surface area contributed by atoms with Crippen molar-refractivity contribution in [2.75, 3.05) is 6.61 Å². The van der Waals surface area contributed by atoms with Crippen molar-refractivity contribution in [3.8, 4) is 0 Å². The first kappa shape index (κ1) is 8.56. The van der Waals surface area contributed by atoms with Crippen molar-refractivity contribution in [3.05, 3.63) is 11.8 Å². The maximum atomic E-state index is 9.43. The first-order chi connectivity index (χ1) is 5.22. The average Bonchev–Trinajstić information content (AvgIpc) is 2.05. The van der Waals surface area contributed by atoms with E-state index in [0.29, 0.717) is 12.4 Å². The molecule has 64 valence electrons. The number of aliphatic hydroxyl groups is 1. The summed E-state index contributed by atoms with van der Waals surface area (Å²) in [4.78, 5) is 0. The van der Waals surface area contributed by atoms with Gasteiger partial charge in [-0.15, -0.1) is 0 Å². The van der Waals surface area contributed by atoms with Crippen molar-refractivity contribution in [2.24, 2.45) is 5.73 Å². The van der Waals surface area contributed by atoms with Crippen LogP contribution in [0.4, 0.5) is 0 Å². The quantitative estimate of drug-likeness (QED) is 0.609. The lowest BCUT2D eigenvalue weighted by Gasteiger charge is -2.21. The fourth-order valence-corrected chi connectivity index (χ4v) is 1.04. The lowest BCUT2D eigenvalue weighted by molar-refractivity contribution is 0.0798. The van der Waals surface area contributed by atoms with Gasteiger partial charge in [0.2, 0.25) is 0 Å². The van der Waals surface area contributed by atoms with Gasteiger partial charge in [0.25, 0.3) is 0 Å². The molecule has 0 aromatic carbocycles. The largest absolute Gasteiger partial charge is 0.495 e. The number of ether oxygens (including phenoxy) is 1. The molecule has 1 aliphatic rings. The summed E-state index contributed by atoms with van der Waals surface area (Å²) in [5.74, 6) is 0.645. The molecule has 0 aromatic heterocycles. The lowest BCUT2D eigenvalue weighted by atomic mass is 10.1. The zero-order valence-electron chi connectivity index (χ0n) is 6.79. The van der Waals surface area contributed by atoms with Crippen LogP contribution in [-0.4, -0.2) is 23.9 Å². The third-order valence-corrected chi connectivity index (χ3v) is 1.75. The highest BCUT2D eigenvalue weighted by Gasteiger charge is 2.18. The van der Waals surface area contributed by atoms with Gasteiger partial charge in [0.05, 0.1) is 6.61 Å². The molecule has 2 unspecified atom stereocenters. The van der Waals surface area contributed by atoms with Gasteiger partial charge in [-0.2, -0.15) is 0 Å². The summed E-state index contributed by atoms with van der Waals surface area (Å²) >= 11 is 0. The van der Waals surface area contributed by atoms with Gasteiger partial charge >= 0.3 is 0 Å². The van der Waals surface area contributed by atoms with Crippen LogP contribution in [0.15, 0.2) is 11.8 Å². The van der Waals surface area contributed by atoms with Crippen LogP contribution >= 0.6 is 0 Å². The zero-order chi connectivity index (χ0) is 8.27. The average molecular weight is 157 g/mol. The lowest BCUT2D eigenvalue weighted by Crippen LogP contribution is -2.34. The van der Waals surface area contributed by atoms with E-state index in [9.17, 15) is 5.11 Å². The molecule has 0 bridgehead atoms. The Kier molecular flexibility index (Phi) is 2.91. The van der Waals surface area contributed by atoms with Crippen LogP contribution in [0.2, 0.25) is 0 Å². The molecular weight excluding hydrogens is 142 g/mol. The van der Waals surface area contributed by atoms with Crippen LogP contribution < -0.4 is 5.73 Å². The van der Waals surface area contributed by atoms with Gasteiger partial charge in [0, 0.05) is 6.04 Å². The standard InChI is InChI=1S/C8H15NO2/c1-6(9)8(10)7-4-2-3-5-11-7/h4,6,8,10H,2-3,5,9H2,1H3. The van der Waals surface area contributed by atoms with E-state index < -0.39 is 6.10 Å². The van der Waals surface area contributed by atoms with Gasteiger partial charge in [-0.25, -0.2) is 0 Å². The van der Waals surface area contributed by atoms with E-state index in [-0.39, 0.29) is 6.04 Å². The van der Waals surface area contributed by atoms with Gasteiger partial charge in [-0.1, -0.05) is 0 Å². The summed E-state index contributed by atoms with van der Waals surface area (Å²) in [7, 11) is 0. The van der Waals surface area contributed by atoms with Gasteiger partial charge < -0.3 is 15.6 Å². The Morgan fingerprint density at radius 3 is 2.91 bits per heavy atom. The molecule has 0 aliphatic carbocycles. The summed E-state index contributed by atoms with van der Waals surface area (Å²) in [6.07, 6.45) is 3.31. The van der Waals surface area contributed by atoms with E-state index in [1.807, 2.05) is 6.08 Å². The summed E-state index contributed by atoms with van der Waals surface area (Å²) in [5.41, 5.74) is 5.50. The van der Waals surface area contributed by atoms with E-state index in [1.54, 1.807) is 6.92 Å². The Morgan fingerprint density at radius 1 is 1.73 bits per heavy atom. The third-order valence-electron chi connectivity index (χ3n) is 1.75. The van der Waals surface area contributed by atoms with Crippen molar-refractivity contribution in [1.29, 1.82) is 0 Å². The Morgan fingerprint density at radius 2 is 2.45 bits per heavy atom. The summed E-state index contributed by atoms with van der Waals surface area (Å²) in [6, 6.07) is -0.251. The van der Waals surface area contributed by atoms with E-state index in [2.05, 4.69) is 0 Å². The number of aliphatic hydroxyl groups excluding tert-OH is 1. The van der Waals surface area contributed by atoms with Gasteiger partial charge in [0.1, 0.15) is 11.9 Å². The second-order valence-corrected chi connectivity index (χ2v) is 2.90. The molecule has 0 fully saturated rings. The minimum atomic E-state index is -0.629. The topological polar surface area (TPSA) is 55.5 Å². The van der Waals surface area contributed by atoms with Gasteiger partial charge in [-0.05, 0) is 25.8 Å². The third kappa shape index (κ3) is 2.20. The van der Waals surface area contributed by atoms with Crippen LogP contribution in [0, 0.1) is 0 Å². The highest BCUT2D eigenvalue weighted by Crippen LogP contribution is 2.14. The second-order valence-electron chi connectivity index (χ2n) is 2.90. The maximum Gasteiger partial charge on any atom is 0.125 e. The minimum Gasteiger partial charge on any atom is -0.495 e. The fraction of sp³-hybridized carbons (Fsp3) is 0.750. The van der Waals surface area contributed by atoms with Crippen LogP contribution in [0.3, 0.4) is 0 Å². The number of allylic oxidation sites excluding steroid dienone is 1. The molecule has 0 saturated carbocycles. The molecule has 1 rings (SSSR count). The van der Waals surface area contributed by atoms with Crippen molar-refractivity contribution < 1.29 is 9.84 Å². The first-order valence-electron chi connectivity index (χ1n) is 3.98. The molecule has 3 nitrogen and oxygen atoms in total. The van der Waals surface area contributed by atoms with Crippen LogP contribution in [0.5, 0.6) is 0 Å². The molecule has 1 aliphatic heterocycles. The number of hydrogen-bond acceptors (Lipinski definition) is 3. The SMILES string of the molecule is CC(N)C(O)C1=CCCCO1. The Bertz CT molecular complexity index is 154. The summed E-state index contributed by atoms with van der Waals surface area (Å²) in [5, 5.41) is 9.43. The van der Waals surface area contributed by atoms with Crippen molar-refractivity contribution >= 4 is 0 Å². The molecule has 3 heteroatoms. The zero-order valence-corrected chi connectivity index (χ0v) is 6.79. The molecule has 0 amide bonds. The van der Waals surface area contributed by atoms with Crippen LogP contribution in [0.1, 0.15) is 19.8 Å². The number of rotatable bonds is 2. The Hall–Kier alpha value is -0.540. The molecule has 11 heavy (non-hydrogen) atoms. The number of nitrogens with two attached hydrogens (primary N) is 1. The molecule has 2 atom stereocenters. The van der Waals surface area contributed by atoms with Crippen molar-refractivity contribution in [3.63, 3.8) is 0 Å². The molecule has 1 heterocycles. The minimum absolute atomic E-state index is 0.251. The summed E-state index contributed by atoms with van der Waals surface area (Å²) < 4.78 is 5.23. The maximum absolute atomic E-state index is 9.43. The highest BCUT2D eigenvalue weighted by molar-refractivity contribution is 5.04. The molecule has 0 spiro atoms. The van der Waals surface area contributed by atoms with Gasteiger partial charge in [0.15, 0.2) is 0 Å². The van der Waals surface area contributed by atoms with Crippen molar-refractivity contribution in [1.82, 2.24) is 0 Å². The van der Waals surface area contributed by atoms with Gasteiger partial charge in [-0.3, -0.25) is 0 Å². The molecule has 3 N–H and O–H groups in total. The molecular formula is C8H15NO2. The van der Waals surface area contributed by atoms with Crippen molar-refractivity contribution in [2.45, 2.75) is 31.9 Å². The molecule has 0 aromatic rings. The van der Waals surface area contributed by atoms with E-state index in [0.717, 1.165) is 12.8 Å². The van der Waals surface area contributed by atoms with E-state index in [4.69, 9.17) is 10.5 Å². The number of hydrogen-bond donors (Lipinski definition) is 2.